The highest BCUT2D eigenvalue weighted by Crippen LogP contribution is 2.25. The van der Waals surface area contributed by atoms with Crippen LogP contribution in [0.5, 0.6) is 0 Å². The van der Waals surface area contributed by atoms with Crippen molar-refractivity contribution in [3.8, 4) is 22.4 Å². The Morgan fingerprint density at radius 3 is 2.12 bits per heavy atom. The van der Waals surface area contributed by atoms with Crippen molar-refractivity contribution < 1.29 is 19.8 Å². The molecule has 1 aromatic heterocycles. The molecule has 1 heterocycles. The fourth-order valence-electron chi connectivity index (χ4n) is 2.61. The number of rotatable bonds is 6. The van der Waals surface area contributed by atoms with E-state index in [2.05, 4.69) is 4.98 Å². The lowest BCUT2D eigenvalue weighted by Gasteiger charge is -2.10. The fraction of sp³-hybridized carbons (Fsp3) is 0.105. The van der Waals surface area contributed by atoms with Crippen LogP contribution in [0, 0.1) is 0 Å². The van der Waals surface area contributed by atoms with Crippen molar-refractivity contribution in [1.82, 2.24) is 9.55 Å². The van der Waals surface area contributed by atoms with Crippen LogP contribution in [-0.2, 0) is 9.59 Å². The van der Waals surface area contributed by atoms with Gasteiger partial charge in [0.1, 0.15) is 6.04 Å². The molecule has 6 heteroatoms. The standard InChI is InChI=1S/C19H16N2O4/c22-18(23)10-17(19(24)25)21-11-16(20-12-21)15-8-6-14(7-9-15)13-4-2-1-3-5-13/h1-9,11-12,17H,10H2,(H,22,23)(H,24,25). The van der Waals surface area contributed by atoms with E-state index in [1.165, 1.54) is 10.9 Å². The van der Waals surface area contributed by atoms with Crippen molar-refractivity contribution in [2.45, 2.75) is 12.5 Å². The van der Waals surface area contributed by atoms with Crippen molar-refractivity contribution >= 4 is 11.9 Å². The summed E-state index contributed by atoms with van der Waals surface area (Å²) in [6.45, 7) is 0. The third-order valence-electron chi connectivity index (χ3n) is 3.90. The monoisotopic (exact) mass is 336 g/mol. The van der Waals surface area contributed by atoms with Crippen LogP contribution in [0.15, 0.2) is 67.1 Å². The molecule has 0 radical (unpaired) electrons. The molecule has 0 aliphatic carbocycles. The van der Waals surface area contributed by atoms with E-state index in [0.29, 0.717) is 5.69 Å². The second-order valence-electron chi connectivity index (χ2n) is 5.60. The van der Waals surface area contributed by atoms with Crippen molar-refractivity contribution in [2.75, 3.05) is 0 Å². The van der Waals surface area contributed by atoms with Gasteiger partial charge < -0.3 is 14.8 Å². The minimum absolute atomic E-state index is 0.502. The van der Waals surface area contributed by atoms with Gasteiger partial charge in [0.15, 0.2) is 0 Å². The van der Waals surface area contributed by atoms with Crippen LogP contribution in [0.2, 0.25) is 0 Å². The van der Waals surface area contributed by atoms with Gasteiger partial charge in [0.25, 0.3) is 0 Å². The number of hydrogen-bond acceptors (Lipinski definition) is 3. The molecule has 2 aromatic carbocycles. The molecule has 1 unspecified atom stereocenters. The van der Waals surface area contributed by atoms with E-state index in [0.717, 1.165) is 16.7 Å². The number of carbonyl (C=O) groups is 2. The average molecular weight is 336 g/mol. The summed E-state index contributed by atoms with van der Waals surface area (Å²) in [5, 5.41) is 18.1. The van der Waals surface area contributed by atoms with Crippen LogP contribution in [-0.4, -0.2) is 31.7 Å². The molecule has 126 valence electrons. The number of carboxylic acid groups (broad SMARTS) is 2. The molecular weight excluding hydrogens is 320 g/mol. The summed E-state index contributed by atoms with van der Waals surface area (Å²) in [5.41, 5.74) is 3.60. The number of aromatic nitrogens is 2. The van der Waals surface area contributed by atoms with Crippen LogP contribution < -0.4 is 0 Å². The zero-order valence-corrected chi connectivity index (χ0v) is 13.2. The van der Waals surface area contributed by atoms with Gasteiger partial charge in [0, 0.05) is 11.8 Å². The summed E-state index contributed by atoms with van der Waals surface area (Å²) in [5.74, 6) is -2.37. The maximum atomic E-state index is 11.3. The number of imidazole rings is 1. The SMILES string of the molecule is O=C(O)CC(C(=O)O)n1cnc(-c2ccc(-c3ccccc3)cc2)c1. The Labute approximate surface area is 144 Å². The summed E-state index contributed by atoms with van der Waals surface area (Å²) >= 11 is 0. The van der Waals surface area contributed by atoms with E-state index in [4.69, 9.17) is 5.11 Å². The van der Waals surface area contributed by atoms with Crippen LogP contribution in [0.4, 0.5) is 0 Å². The summed E-state index contributed by atoms with van der Waals surface area (Å²) in [6.07, 6.45) is 2.40. The van der Waals surface area contributed by atoms with Gasteiger partial charge in [0.05, 0.1) is 18.4 Å². The molecule has 3 aromatic rings. The molecule has 3 rings (SSSR count). The van der Waals surface area contributed by atoms with Gasteiger partial charge >= 0.3 is 11.9 Å². The number of aliphatic carboxylic acids is 2. The van der Waals surface area contributed by atoms with Crippen LogP contribution in [0.1, 0.15) is 12.5 Å². The molecule has 0 saturated carbocycles. The normalized spacial score (nSPS) is 11.8. The van der Waals surface area contributed by atoms with E-state index in [-0.39, 0.29) is 0 Å². The third kappa shape index (κ3) is 3.74. The van der Waals surface area contributed by atoms with Gasteiger partial charge in [-0.05, 0) is 11.1 Å². The van der Waals surface area contributed by atoms with E-state index in [9.17, 15) is 14.7 Å². The van der Waals surface area contributed by atoms with Crippen molar-refractivity contribution in [2.24, 2.45) is 0 Å². The third-order valence-corrected chi connectivity index (χ3v) is 3.90. The van der Waals surface area contributed by atoms with Crippen LogP contribution in [0.25, 0.3) is 22.4 Å². The Kier molecular flexibility index (Phi) is 4.61. The molecule has 2 N–H and O–H groups in total. The molecule has 0 amide bonds. The first-order chi connectivity index (χ1) is 12.0. The highest BCUT2D eigenvalue weighted by Gasteiger charge is 2.23. The maximum absolute atomic E-state index is 11.3. The van der Waals surface area contributed by atoms with Crippen LogP contribution >= 0.6 is 0 Å². The highest BCUT2D eigenvalue weighted by atomic mass is 16.4. The Hall–Kier alpha value is -3.41. The molecule has 0 fully saturated rings. The average Bonchev–Trinajstić information content (AvgIpc) is 3.10. The van der Waals surface area contributed by atoms with Crippen molar-refractivity contribution in [1.29, 1.82) is 0 Å². The molecule has 0 aliphatic rings. The number of benzene rings is 2. The van der Waals surface area contributed by atoms with Crippen LogP contribution in [0.3, 0.4) is 0 Å². The number of carboxylic acids is 2. The van der Waals surface area contributed by atoms with Gasteiger partial charge in [-0.15, -0.1) is 0 Å². The van der Waals surface area contributed by atoms with E-state index in [1.807, 2.05) is 54.6 Å². The first-order valence-electron chi connectivity index (χ1n) is 7.68. The Balaban J connectivity index is 1.84. The molecule has 25 heavy (non-hydrogen) atoms. The van der Waals surface area contributed by atoms with E-state index in [1.54, 1.807) is 6.20 Å². The largest absolute Gasteiger partial charge is 0.481 e. The maximum Gasteiger partial charge on any atom is 0.327 e. The first-order valence-corrected chi connectivity index (χ1v) is 7.68. The predicted octanol–water partition coefficient (Wildman–Crippen LogP) is 3.32. The molecule has 1 atom stereocenters. The van der Waals surface area contributed by atoms with Gasteiger partial charge in [-0.2, -0.15) is 0 Å². The summed E-state index contributed by atoms with van der Waals surface area (Å²) in [4.78, 5) is 26.3. The smallest absolute Gasteiger partial charge is 0.327 e. The minimum atomic E-state index is -1.20. The van der Waals surface area contributed by atoms with Gasteiger partial charge in [-0.3, -0.25) is 4.79 Å². The molecule has 0 bridgehead atoms. The van der Waals surface area contributed by atoms with E-state index < -0.39 is 24.4 Å². The number of nitrogens with zero attached hydrogens (tertiary/aromatic N) is 2. The van der Waals surface area contributed by atoms with Gasteiger partial charge in [-0.25, -0.2) is 9.78 Å². The second-order valence-corrected chi connectivity index (χ2v) is 5.60. The first kappa shape index (κ1) is 16.4. The van der Waals surface area contributed by atoms with Gasteiger partial charge in [0.2, 0.25) is 0 Å². The second kappa shape index (κ2) is 7.00. The zero-order valence-electron chi connectivity index (χ0n) is 13.2. The summed E-state index contributed by atoms with van der Waals surface area (Å²) < 4.78 is 1.32. The van der Waals surface area contributed by atoms with Gasteiger partial charge in [-0.1, -0.05) is 54.6 Å². The summed E-state index contributed by atoms with van der Waals surface area (Å²) in [7, 11) is 0. The molecular formula is C19H16N2O4. The molecule has 6 nitrogen and oxygen atoms in total. The summed E-state index contributed by atoms with van der Waals surface area (Å²) in [6, 6.07) is 16.5. The Morgan fingerprint density at radius 2 is 1.52 bits per heavy atom. The topological polar surface area (TPSA) is 92.4 Å². The molecule has 0 aliphatic heterocycles. The van der Waals surface area contributed by atoms with E-state index >= 15 is 0 Å². The molecule has 0 spiro atoms. The Bertz CT molecular complexity index is 885. The fourth-order valence-corrected chi connectivity index (χ4v) is 2.61. The van der Waals surface area contributed by atoms with Crippen molar-refractivity contribution in [3.63, 3.8) is 0 Å². The lowest BCUT2D eigenvalue weighted by atomic mass is 10.0. The zero-order chi connectivity index (χ0) is 17.8. The van der Waals surface area contributed by atoms with Crippen molar-refractivity contribution in [3.05, 3.63) is 67.1 Å². The lowest BCUT2D eigenvalue weighted by Crippen LogP contribution is -2.21. The Morgan fingerprint density at radius 1 is 0.920 bits per heavy atom. The lowest BCUT2D eigenvalue weighted by molar-refractivity contribution is -0.147. The molecule has 0 saturated heterocycles. The minimum Gasteiger partial charge on any atom is -0.481 e. The highest BCUT2D eigenvalue weighted by molar-refractivity contribution is 5.79. The predicted molar refractivity (Wildman–Crippen MR) is 92.0 cm³/mol. The number of hydrogen-bond donors (Lipinski definition) is 2. The quantitative estimate of drug-likeness (QED) is 0.720.